The molecule has 2 rings (SSSR count). The van der Waals surface area contributed by atoms with Gasteiger partial charge in [-0.25, -0.2) is 9.97 Å². The summed E-state index contributed by atoms with van der Waals surface area (Å²) < 4.78 is 0. The quantitative estimate of drug-likeness (QED) is 0.915. The zero-order valence-corrected chi connectivity index (χ0v) is 10.6. The van der Waals surface area contributed by atoms with Crippen LogP contribution in [-0.4, -0.2) is 15.0 Å². The fraction of sp³-hybridized carbons (Fsp3) is 0.300. The Labute approximate surface area is 103 Å². The van der Waals surface area contributed by atoms with Gasteiger partial charge in [0.05, 0.1) is 29.6 Å². The van der Waals surface area contributed by atoms with Gasteiger partial charge >= 0.3 is 0 Å². The van der Waals surface area contributed by atoms with Crippen molar-refractivity contribution in [2.75, 3.05) is 5.32 Å². The lowest BCUT2D eigenvalue weighted by Gasteiger charge is -2.03. The predicted molar refractivity (Wildman–Crippen MR) is 66.0 cm³/mol. The van der Waals surface area contributed by atoms with Crippen LogP contribution in [-0.2, 0) is 6.54 Å². The number of hydrogen-bond acceptors (Lipinski definition) is 5. The maximum absolute atomic E-state index is 5.73. The van der Waals surface area contributed by atoms with E-state index in [2.05, 4.69) is 27.2 Å². The van der Waals surface area contributed by atoms with Gasteiger partial charge in [0.2, 0.25) is 0 Å². The van der Waals surface area contributed by atoms with E-state index in [0.29, 0.717) is 17.5 Å². The number of thiazole rings is 1. The highest BCUT2D eigenvalue weighted by atomic mass is 35.5. The van der Waals surface area contributed by atoms with E-state index in [9.17, 15) is 0 Å². The van der Waals surface area contributed by atoms with E-state index < -0.39 is 0 Å². The van der Waals surface area contributed by atoms with Gasteiger partial charge in [-0.05, 0) is 13.8 Å². The molecule has 1 N–H and O–H groups in total. The molecule has 4 nitrogen and oxygen atoms in total. The van der Waals surface area contributed by atoms with Crippen molar-refractivity contribution in [2.45, 2.75) is 20.4 Å². The maximum atomic E-state index is 5.73. The molecule has 0 aromatic carbocycles. The van der Waals surface area contributed by atoms with Crippen LogP contribution >= 0.6 is 22.9 Å². The monoisotopic (exact) mass is 254 g/mol. The first-order valence-corrected chi connectivity index (χ1v) is 5.99. The van der Waals surface area contributed by atoms with Crippen molar-refractivity contribution in [1.29, 1.82) is 0 Å². The highest BCUT2D eigenvalue weighted by Gasteiger charge is 2.04. The van der Waals surface area contributed by atoms with Gasteiger partial charge in [0.25, 0.3) is 0 Å². The molecule has 2 aromatic rings. The molecule has 0 bridgehead atoms. The molecule has 0 aliphatic rings. The van der Waals surface area contributed by atoms with Crippen molar-refractivity contribution in [3.8, 4) is 0 Å². The van der Waals surface area contributed by atoms with E-state index in [0.717, 1.165) is 10.7 Å². The van der Waals surface area contributed by atoms with Crippen molar-refractivity contribution in [3.05, 3.63) is 33.1 Å². The third kappa shape index (κ3) is 2.68. The smallest absolute Gasteiger partial charge is 0.149 e. The van der Waals surface area contributed by atoms with E-state index in [1.165, 1.54) is 11.1 Å². The third-order valence-electron chi connectivity index (χ3n) is 2.04. The van der Waals surface area contributed by atoms with E-state index >= 15 is 0 Å². The molecule has 0 atom stereocenters. The fourth-order valence-electron chi connectivity index (χ4n) is 1.34. The minimum atomic E-state index is 0.385. The molecular formula is C10H11ClN4S. The van der Waals surface area contributed by atoms with Gasteiger partial charge in [-0.1, -0.05) is 11.6 Å². The lowest BCUT2D eigenvalue weighted by atomic mass is 10.4. The molecular weight excluding hydrogens is 244 g/mol. The minimum Gasteiger partial charge on any atom is -0.363 e. The largest absolute Gasteiger partial charge is 0.363 e. The van der Waals surface area contributed by atoms with Crippen molar-refractivity contribution < 1.29 is 0 Å². The normalized spacial score (nSPS) is 10.4. The van der Waals surface area contributed by atoms with E-state index in [4.69, 9.17) is 11.6 Å². The Morgan fingerprint density at radius 1 is 1.31 bits per heavy atom. The van der Waals surface area contributed by atoms with Crippen LogP contribution in [0.4, 0.5) is 5.82 Å². The summed E-state index contributed by atoms with van der Waals surface area (Å²) in [5.74, 6) is 0.664. The molecule has 6 heteroatoms. The summed E-state index contributed by atoms with van der Waals surface area (Å²) in [6.45, 7) is 4.71. The molecule has 84 valence electrons. The fourth-order valence-corrected chi connectivity index (χ4v) is 2.32. The molecule has 0 fully saturated rings. The second-order valence-electron chi connectivity index (χ2n) is 3.32. The topological polar surface area (TPSA) is 50.7 Å². The van der Waals surface area contributed by atoms with Gasteiger partial charge in [-0.3, -0.25) is 4.98 Å². The van der Waals surface area contributed by atoms with Crippen LogP contribution in [0.2, 0.25) is 5.15 Å². The van der Waals surface area contributed by atoms with Gasteiger partial charge in [-0.15, -0.1) is 11.3 Å². The van der Waals surface area contributed by atoms with Crippen molar-refractivity contribution in [1.82, 2.24) is 15.0 Å². The van der Waals surface area contributed by atoms with E-state index in [1.54, 1.807) is 17.5 Å². The molecule has 0 saturated carbocycles. The summed E-state index contributed by atoms with van der Waals surface area (Å²) in [6, 6.07) is 0. The molecule has 0 aliphatic heterocycles. The van der Waals surface area contributed by atoms with E-state index in [-0.39, 0.29) is 0 Å². The molecule has 0 saturated heterocycles. The number of anilines is 1. The summed E-state index contributed by atoms with van der Waals surface area (Å²) in [6.07, 6.45) is 3.14. The molecule has 0 unspecified atom stereocenters. The first-order valence-electron chi connectivity index (χ1n) is 4.79. The summed E-state index contributed by atoms with van der Waals surface area (Å²) in [4.78, 5) is 13.7. The van der Waals surface area contributed by atoms with Crippen LogP contribution in [0.5, 0.6) is 0 Å². The first kappa shape index (κ1) is 11.3. The Hall–Kier alpha value is -1.20. The highest BCUT2D eigenvalue weighted by molar-refractivity contribution is 7.11. The second-order valence-corrected chi connectivity index (χ2v) is 5.11. The third-order valence-corrected chi connectivity index (χ3v) is 3.15. The molecule has 0 radical (unpaired) electrons. The van der Waals surface area contributed by atoms with Gasteiger partial charge in [0, 0.05) is 4.88 Å². The summed E-state index contributed by atoms with van der Waals surface area (Å²) in [5.41, 5.74) is 1.05. The molecule has 0 spiro atoms. The van der Waals surface area contributed by atoms with E-state index in [1.807, 2.05) is 6.92 Å². The van der Waals surface area contributed by atoms with Gasteiger partial charge in [0.15, 0.2) is 0 Å². The summed E-state index contributed by atoms with van der Waals surface area (Å²) in [5, 5.41) is 4.60. The summed E-state index contributed by atoms with van der Waals surface area (Å²) in [7, 11) is 0. The standard InChI is InChI=1S/C10H11ClN4S/c1-6-8(14-7(2)16-6)3-13-10-5-12-4-9(11)15-10/h4-5H,3H2,1-2H3,(H,13,15). The van der Waals surface area contributed by atoms with Crippen molar-refractivity contribution >= 4 is 28.8 Å². The number of hydrogen-bond donors (Lipinski definition) is 1. The maximum Gasteiger partial charge on any atom is 0.149 e. The molecule has 2 aromatic heterocycles. The van der Waals surface area contributed by atoms with Crippen LogP contribution in [0, 0.1) is 13.8 Å². The van der Waals surface area contributed by atoms with Crippen LogP contribution in [0.15, 0.2) is 12.4 Å². The van der Waals surface area contributed by atoms with Crippen LogP contribution < -0.4 is 5.32 Å². The number of nitrogens with one attached hydrogen (secondary N) is 1. The highest BCUT2D eigenvalue weighted by Crippen LogP contribution is 2.17. The van der Waals surface area contributed by atoms with Crippen LogP contribution in [0.3, 0.4) is 0 Å². The van der Waals surface area contributed by atoms with Gasteiger partial charge < -0.3 is 5.32 Å². The first-order chi connectivity index (χ1) is 7.65. The van der Waals surface area contributed by atoms with Gasteiger partial charge in [0.1, 0.15) is 11.0 Å². The zero-order chi connectivity index (χ0) is 11.5. The average molecular weight is 255 g/mol. The Balaban J connectivity index is 2.05. The number of halogens is 1. The van der Waals surface area contributed by atoms with Crippen LogP contribution in [0.25, 0.3) is 0 Å². The lowest BCUT2D eigenvalue weighted by Crippen LogP contribution is -2.03. The number of nitrogens with zero attached hydrogens (tertiary/aromatic N) is 3. The molecule has 0 aliphatic carbocycles. The zero-order valence-electron chi connectivity index (χ0n) is 8.99. The van der Waals surface area contributed by atoms with Crippen molar-refractivity contribution in [3.63, 3.8) is 0 Å². The minimum absolute atomic E-state index is 0.385. The lowest BCUT2D eigenvalue weighted by molar-refractivity contribution is 1.02. The average Bonchev–Trinajstić information content (AvgIpc) is 2.54. The SMILES string of the molecule is Cc1nc(CNc2cncc(Cl)n2)c(C)s1. The number of rotatable bonds is 3. The molecule has 16 heavy (non-hydrogen) atoms. The Morgan fingerprint density at radius 2 is 2.12 bits per heavy atom. The second kappa shape index (κ2) is 4.76. The van der Waals surface area contributed by atoms with Crippen molar-refractivity contribution in [2.24, 2.45) is 0 Å². The Kier molecular flexibility index (Phi) is 3.36. The number of aryl methyl sites for hydroxylation is 2. The predicted octanol–water partition coefficient (Wildman–Crippen LogP) is 2.82. The van der Waals surface area contributed by atoms with Crippen LogP contribution in [0.1, 0.15) is 15.6 Å². The molecule has 0 amide bonds. The molecule has 2 heterocycles. The summed E-state index contributed by atoms with van der Waals surface area (Å²) >= 11 is 7.43. The Bertz CT molecular complexity index is 497. The Morgan fingerprint density at radius 3 is 2.75 bits per heavy atom. The van der Waals surface area contributed by atoms with Gasteiger partial charge in [-0.2, -0.15) is 0 Å². The number of aromatic nitrogens is 3.